The van der Waals surface area contributed by atoms with Crippen LogP contribution in [0.15, 0.2) is 85.1 Å². The van der Waals surface area contributed by atoms with E-state index >= 15 is 0 Å². The Kier molecular flexibility index (Phi) is 5.58. The molecule has 6 heteroatoms. The van der Waals surface area contributed by atoms with Gasteiger partial charge < -0.3 is 19.6 Å². The first-order chi connectivity index (χ1) is 15.8. The molecular weight excluding hydrogens is 400 g/mol. The molecule has 0 saturated heterocycles. The van der Waals surface area contributed by atoms with Gasteiger partial charge in [-0.05, 0) is 42.3 Å². The lowest BCUT2D eigenvalue weighted by atomic mass is 10.1. The molecule has 0 aliphatic carbocycles. The van der Waals surface area contributed by atoms with Gasteiger partial charge in [0.2, 0.25) is 5.91 Å². The Bertz CT molecular complexity index is 1350. The summed E-state index contributed by atoms with van der Waals surface area (Å²) in [5, 5.41) is 4.24. The van der Waals surface area contributed by atoms with Gasteiger partial charge in [-0.25, -0.2) is 4.98 Å². The van der Waals surface area contributed by atoms with Crippen molar-refractivity contribution in [2.45, 2.75) is 19.6 Å². The number of benzene rings is 3. The van der Waals surface area contributed by atoms with Crippen LogP contribution in [-0.2, 0) is 24.4 Å². The van der Waals surface area contributed by atoms with E-state index in [2.05, 4.69) is 27.4 Å². The van der Waals surface area contributed by atoms with E-state index in [-0.39, 0.29) is 12.5 Å². The Hall–Kier alpha value is -4.06. The van der Waals surface area contributed by atoms with E-state index in [1.807, 2.05) is 77.5 Å². The molecule has 0 spiro atoms. The van der Waals surface area contributed by atoms with Gasteiger partial charge in [-0.1, -0.05) is 48.5 Å². The summed E-state index contributed by atoms with van der Waals surface area (Å²) in [6.07, 6.45) is 2.78. The predicted molar refractivity (Wildman–Crippen MR) is 126 cm³/mol. The van der Waals surface area contributed by atoms with Crippen LogP contribution in [-0.4, -0.2) is 27.0 Å². The van der Waals surface area contributed by atoms with Gasteiger partial charge in [0.15, 0.2) is 0 Å². The van der Waals surface area contributed by atoms with Gasteiger partial charge in [0.25, 0.3) is 0 Å². The molecule has 0 fully saturated rings. The fourth-order valence-corrected chi connectivity index (χ4v) is 3.95. The Morgan fingerprint density at radius 2 is 1.75 bits per heavy atom. The zero-order valence-corrected chi connectivity index (χ0v) is 17.6. The maximum Gasteiger partial charge on any atom is 0.240 e. The average Bonchev–Trinajstić information content (AvgIpc) is 3.40. The summed E-state index contributed by atoms with van der Waals surface area (Å²) in [7, 11) is 0. The highest BCUT2D eigenvalue weighted by molar-refractivity contribution is 5.83. The summed E-state index contributed by atoms with van der Waals surface area (Å²) >= 11 is 0. The number of amides is 1. The van der Waals surface area contributed by atoms with Gasteiger partial charge in [0.05, 0.1) is 11.0 Å². The minimum absolute atomic E-state index is 0.0473. The summed E-state index contributed by atoms with van der Waals surface area (Å²) < 4.78 is 7.83. The van der Waals surface area contributed by atoms with Crippen molar-refractivity contribution >= 4 is 27.8 Å². The fraction of sp³-hybridized carbons (Fsp3) is 0.154. The van der Waals surface area contributed by atoms with Crippen molar-refractivity contribution in [1.82, 2.24) is 19.9 Å². The number of H-pyrrole nitrogens is 1. The predicted octanol–water partition coefficient (Wildman–Crippen LogP) is 4.46. The minimum Gasteiger partial charge on any atom is -0.486 e. The number of carbonyl (C=O) groups excluding carboxylic acids is 1. The van der Waals surface area contributed by atoms with Gasteiger partial charge in [-0.2, -0.15) is 0 Å². The van der Waals surface area contributed by atoms with Crippen LogP contribution in [0.25, 0.3) is 21.9 Å². The molecule has 2 aromatic heterocycles. The molecule has 5 aromatic rings. The number of nitrogens with one attached hydrogen (secondary N) is 2. The van der Waals surface area contributed by atoms with E-state index in [1.165, 1.54) is 10.9 Å². The maximum atomic E-state index is 12.8. The molecule has 0 bridgehead atoms. The number of aromatic nitrogens is 3. The van der Waals surface area contributed by atoms with E-state index < -0.39 is 0 Å². The second-order valence-corrected chi connectivity index (χ2v) is 7.66. The van der Waals surface area contributed by atoms with Crippen LogP contribution < -0.4 is 10.1 Å². The fourth-order valence-electron chi connectivity index (χ4n) is 3.95. The third-order valence-corrected chi connectivity index (χ3v) is 5.54. The van der Waals surface area contributed by atoms with Gasteiger partial charge in [0.1, 0.15) is 24.7 Å². The number of para-hydroxylation sites is 4. The van der Waals surface area contributed by atoms with Crippen molar-refractivity contribution < 1.29 is 9.53 Å². The number of fused-ring (bicyclic) bond motifs is 2. The molecule has 160 valence electrons. The first kappa shape index (κ1) is 19.9. The van der Waals surface area contributed by atoms with Crippen molar-refractivity contribution in [1.29, 1.82) is 0 Å². The molecule has 32 heavy (non-hydrogen) atoms. The third-order valence-electron chi connectivity index (χ3n) is 5.54. The summed E-state index contributed by atoms with van der Waals surface area (Å²) in [4.78, 5) is 20.7. The first-order valence-electron chi connectivity index (χ1n) is 10.7. The number of hydrogen-bond donors (Lipinski definition) is 2. The molecule has 0 saturated carbocycles. The molecule has 0 unspecified atom stereocenters. The van der Waals surface area contributed by atoms with Crippen molar-refractivity contribution in [3.63, 3.8) is 0 Å². The van der Waals surface area contributed by atoms with Crippen molar-refractivity contribution in [3.8, 4) is 5.75 Å². The lowest BCUT2D eigenvalue weighted by Crippen LogP contribution is -2.30. The topological polar surface area (TPSA) is 71.9 Å². The Balaban J connectivity index is 1.26. The largest absolute Gasteiger partial charge is 0.486 e. The average molecular weight is 425 g/mol. The number of nitrogens with zero attached hydrogens (tertiary/aromatic N) is 2. The van der Waals surface area contributed by atoms with Crippen LogP contribution in [0.1, 0.15) is 11.4 Å². The molecule has 2 N–H and O–H groups in total. The SMILES string of the molecule is O=C(Cn1c(COc2ccccc2)nc2ccccc21)NCCc1c[nH]c2ccccc12. The van der Waals surface area contributed by atoms with E-state index in [1.54, 1.807) is 0 Å². The molecular formula is C26H24N4O2. The van der Waals surface area contributed by atoms with Crippen LogP contribution >= 0.6 is 0 Å². The van der Waals surface area contributed by atoms with Crippen LogP contribution in [0, 0.1) is 0 Å². The second kappa shape index (κ2) is 8.98. The number of rotatable bonds is 8. The zero-order chi connectivity index (χ0) is 21.8. The van der Waals surface area contributed by atoms with Gasteiger partial charge >= 0.3 is 0 Å². The van der Waals surface area contributed by atoms with E-state index in [0.29, 0.717) is 13.2 Å². The summed E-state index contributed by atoms with van der Waals surface area (Å²) in [5.74, 6) is 1.45. The van der Waals surface area contributed by atoms with Crippen LogP contribution in [0.4, 0.5) is 0 Å². The van der Waals surface area contributed by atoms with Gasteiger partial charge in [-0.15, -0.1) is 0 Å². The van der Waals surface area contributed by atoms with Crippen molar-refractivity contribution in [2.75, 3.05) is 6.54 Å². The standard InChI is InChI=1S/C26H24N4O2/c31-26(27-15-14-19-16-28-22-11-5-4-10-21(19)22)17-30-24-13-7-6-12-23(24)29-25(30)18-32-20-8-2-1-3-9-20/h1-13,16,28H,14-15,17-18H2,(H,27,31). The number of ether oxygens (including phenoxy) is 1. The lowest BCUT2D eigenvalue weighted by Gasteiger charge is -2.11. The lowest BCUT2D eigenvalue weighted by molar-refractivity contribution is -0.121. The number of hydrogen-bond acceptors (Lipinski definition) is 3. The zero-order valence-electron chi connectivity index (χ0n) is 17.6. The monoisotopic (exact) mass is 424 g/mol. The number of imidazole rings is 1. The van der Waals surface area contributed by atoms with Crippen LogP contribution in [0.3, 0.4) is 0 Å². The summed E-state index contributed by atoms with van der Waals surface area (Å²) in [5.41, 5.74) is 4.09. The van der Waals surface area contributed by atoms with Gasteiger partial charge in [-0.3, -0.25) is 4.79 Å². The quantitative estimate of drug-likeness (QED) is 0.386. The minimum atomic E-state index is -0.0473. The molecule has 1 amide bonds. The third kappa shape index (κ3) is 4.21. The van der Waals surface area contributed by atoms with Crippen LogP contribution in [0.5, 0.6) is 5.75 Å². The normalized spacial score (nSPS) is 11.1. The second-order valence-electron chi connectivity index (χ2n) is 7.66. The maximum absolute atomic E-state index is 12.8. The highest BCUT2D eigenvalue weighted by Gasteiger charge is 2.14. The number of carbonyl (C=O) groups is 1. The molecule has 0 radical (unpaired) electrons. The molecule has 3 aromatic carbocycles. The van der Waals surface area contributed by atoms with Crippen molar-refractivity contribution in [3.05, 3.63) is 96.4 Å². The Morgan fingerprint density at radius 3 is 2.66 bits per heavy atom. The van der Waals surface area contributed by atoms with E-state index in [0.717, 1.165) is 34.5 Å². The molecule has 5 rings (SSSR count). The van der Waals surface area contributed by atoms with E-state index in [4.69, 9.17) is 4.74 Å². The highest BCUT2D eigenvalue weighted by Crippen LogP contribution is 2.19. The van der Waals surface area contributed by atoms with Gasteiger partial charge in [0, 0.05) is 23.6 Å². The Labute approximate surface area is 185 Å². The first-order valence-corrected chi connectivity index (χ1v) is 10.7. The Morgan fingerprint density at radius 1 is 0.969 bits per heavy atom. The molecule has 2 heterocycles. The molecule has 0 atom stereocenters. The molecule has 0 aliphatic rings. The van der Waals surface area contributed by atoms with E-state index in [9.17, 15) is 4.79 Å². The molecule has 6 nitrogen and oxygen atoms in total. The molecule has 0 aliphatic heterocycles. The number of aromatic amines is 1. The van der Waals surface area contributed by atoms with Crippen LogP contribution in [0.2, 0.25) is 0 Å². The highest BCUT2D eigenvalue weighted by atomic mass is 16.5. The summed E-state index contributed by atoms with van der Waals surface area (Å²) in [6.45, 7) is 1.06. The summed E-state index contributed by atoms with van der Waals surface area (Å²) in [6, 6.07) is 25.7. The smallest absolute Gasteiger partial charge is 0.240 e. The van der Waals surface area contributed by atoms with Crippen molar-refractivity contribution in [2.24, 2.45) is 0 Å².